The van der Waals surface area contributed by atoms with Gasteiger partial charge in [-0.25, -0.2) is 9.13 Å². The zero-order valence-electron chi connectivity index (χ0n) is 64.3. The van der Waals surface area contributed by atoms with Gasteiger partial charge in [0.2, 0.25) is 0 Å². The monoisotopic (exact) mass is 1440 g/mol. The van der Waals surface area contributed by atoms with Crippen molar-refractivity contribution in [3.8, 4) is 0 Å². The Balaban J connectivity index is 5.27. The maximum Gasteiger partial charge on any atom is 0.472 e. The molecule has 0 aliphatic carbocycles. The average molecular weight is 1440 g/mol. The number of carbonyl (C=O) groups is 4. The largest absolute Gasteiger partial charge is 0.472 e. The minimum absolute atomic E-state index is 0.106. The van der Waals surface area contributed by atoms with Crippen molar-refractivity contribution in [2.45, 2.75) is 426 Å². The summed E-state index contributed by atoms with van der Waals surface area (Å²) >= 11 is 0. The van der Waals surface area contributed by atoms with E-state index < -0.39 is 97.5 Å². The Morgan fingerprint density at radius 3 is 0.776 bits per heavy atom. The second kappa shape index (κ2) is 69.4. The molecular formula is C79H154O17P2. The van der Waals surface area contributed by atoms with E-state index in [-0.39, 0.29) is 25.7 Å². The molecule has 0 aliphatic heterocycles. The van der Waals surface area contributed by atoms with Gasteiger partial charge in [-0.2, -0.15) is 0 Å². The first-order chi connectivity index (χ1) is 47.3. The van der Waals surface area contributed by atoms with Crippen LogP contribution in [0.1, 0.15) is 408 Å². The number of ether oxygens (including phenoxy) is 4. The molecule has 6 atom stereocenters. The highest BCUT2D eigenvalue weighted by atomic mass is 31.2. The predicted molar refractivity (Wildman–Crippen MR) is 400 cm³/mol. The lowest BCUT2D eigenvalue weighted by atomic mass is 9.99. The molecule has 0 spiro atoms. The molecule has 17 nitrogen and oxygen atoms in total. The van der Waals surface area contributed by atoms with Crippen molar-refractivity contribution in [1.82, 2.24) is 0 Å². The van der Waals surface area contributed by atoms with Gasteiger partial charge in [0.25, 0.3) is 0 Å². The van der Waals surface area contributed by atoms with Crippen molar-refractivity contribution < 1.29 is 80.2 Å². The Morgan fingerprint density at radius 2 is 0.520 bits per heavy atom. The van der Waals surface area contributed by atoms with E-state index in [1.807, 2.05) is 0 Å². The van der Waals surface area contributed by atoms with Gasteiger partial charge >= 0.3 is 39.5 Å². The fourth-order valence-electron chi connectivity index (χ4n) is 12.1. The van der Waals surface area contributed by atoms with E-state index in [0.29, 0.717) is 25.7 Å². The van der Waals surface area contributed by atoms with Crippen LogP contribution in [0.2, 0.25) is 0 Å². The Hall–Kier alpha value is -1.94. The molecule has 3 N–H and O–H groups in total. The van der Waals surface area contributed by atoms with Gasteiger partial charge in [0.15, 0.2) is 12.2 Å². The molecule has 0 heterocycles. The summed E-state index contributed by atoms with van der Waals surface area (Å²) < 4.78 is 68.7. The molecule has 0 aromatic carbocycles. The van der Waals surface area contributed by atoms with Gasteiger partial charge in [-0.1, -0.05) is 357 Å². The molecular weight excluding hydrogens is 1280 g/mol. The number of esters is 4. The number of aliphatic hydroxyl groups excluding tert-OH is 1. The van der Waals surface area contributed by atoms with Crippen LogP contribution in [-0.2, 0) is 65.4 Å². The van der Waals surface area contributed by atoms with Crippen molar-refractivity contribution in [3.05, 3.63) is 0 Å². The van der Waals surface area contributed by atoms with E-state index in [9.17, 15) is 43.2 Å². The minimum atomic E-state index is -4.96. The van der Waals surface area contributed by atoms with Crippen molar-refractivity contribution in [3.63, 3.8) is 0 Å². The summed E-state index contributed by atoms with van der Waals surface area (Å²) in [5.41, 5.74) is 0. The number of aliphatic hydroxyl groups is 1. The molecule has 0 fully saturated rings. The first-order valence-corrected chi connectivity index (χ1v) is 43.9. The van der Waals surface area contributed by atoms with Crippen LogP contribution in [0.4, 0.5) is 0 Å². The zero-order chi connectivity index (χ0) is 72.3. The van der Waals surface area contributed by atoms with Gasteiger partial charge in [-0.15, -0.1) is 0 Å². The molecule has 0 saturated carbocycles. The quantitative estimate of drug-likeness (QED) is 0.0222. The maximum atomic E-state index is 13.1. The van der Waals surface area contributed by atoms with Crippen molar-refractivity contribution in [1.29, 1.82) is 0 Å². The van der Waals surface area contributed by atoms with E-state index in [4.69, 9.17) is 37.0 Å². The Kier molecular flexibility index (Phi) is 68.1. The standard InChI is InChI=1S/C79H154O17P2/c1-8-10-11-12-13-14-15-16-17-18-19-20-25-33-41-48-55-62-78(83)95-74(66-89-76(81)60-53-46-39-32-24-22-21-23-29-36-43-50-57-70(3)4)68-93-97(85,86)91-64-73(80)65-92-98(87,88)94-69-75(67-90-77(82)61-54-47-40-35-28-30-37-44-51-58-71(5)6)96-79(84)63-56-49-42-34-27-26-31-38-45-52-59-72(7)9-2/h70-75,80H,8-69H2,1-7H3,(H,85,86)(H,87,88)/t72?,73-,74-,75-/m1/s1. The highest BCUT2D eigenvalue weighted by Crippen LogP contribution is 2.45. The van der Waals surface area contributed by atoms with Crippen LogP contribution in [0.3, 0.4) is 0 Å². The number of hydrogen-bond acceptors (Lipinski definition) is 15. The number of phosphoric acid groups is 2. The summed E-state index contributed by atoms with van der Waals surface area (Å²) in [6.07, 6.45) is 56.7. The maximum absolute atomic E-state index is 13.1. The molecule has 0 rings (SSSR count). The molecule has 19 heteroatoms. The molecule has 98 heavy (non-hydrogen) atoms. The third-order valence-corrected chi connectivity index (χ3v) is 20.6. The van der Waals surface area contributed by atoms with Crippen molar-refractivity contribution in [2.75, 3.05) is 39.6 Å². The van der Waals surface area contributed by atoms with Gasteiger partial charge in [0, 0.05) is 25.7 Å². The fourth-order valence-corrected chi connectivity index (χ4v) is 13.7. The van der Waals surface area contributed by atoms with Gasteiger partial charge < -0.3 is 33.8 Å². The predicted octanol–water partition coefficient (Wildman–Crippen LogP) is 23.4. The summed E-state index contributed by atoms with van der Waals surface area (Å²) in [6.45, 7) is 11.9. The summed E-state index contributed by atoms with van der Waals surface area (Å²) in [6, 6.07) is 0. The fraction of sp³-hybridized carbons (Fsp3) is 0.949. The summed E-state index contributed by atoms with van der Waals surface area (Å²) in [5.74, 6) is 0.216. The number of unbranched alkanes of at least 4 members (excludes halogenated alkanes) is 44. The second-order valence-corrected chi connectivity index (χ2v) is 32.6. The Labute approximate surface area is 600 Å². The molecule has 0 bridgehead atoms. The lowest BCUT2D eigenvalue weighted by molar-refractivity contribution is -0.161. The smallest absolute Gasteiger partial charge is 0.462 e. The van der Waals surface area contributed by atoms with E-state index in [0.717, 1.165) is 108 Å². The number of rotatable bonds is 77. The van der Waals surface area contributed by atoms with E-state index in [2.05, 4.69) is 48.5 Å². The first-order valence-electron chi connectivity index (χ1n) is 40.9. The molecule has 0 aromatic rings. The molecule has 0 aromatic heterocycles. The van der Waals surface area contributed by atoms with Crippen LogP contribution < -0.4 is 0 Å². The lowest BCUT2D eigenvalue weighted by Crippen LogP contribution is -2.30. The highest BCUT2D eigenvalue weighted by Gasteiger charge is 2.30. The number of phosphoric ester groups is 2. The van der Waals surface area contributed by atoms with Gasteiger partial charge in [-0.05, 0) is 43.4 Å². The zero-order valence-corrected chi connectivity index (χ0v) is 66.0. The second-order valence-electron chi connectivity index (χ2n) is 29.6. The van der Waals surface area contributed by atoms with Crippen LogP contribution in [-0.4, -0.2) is 96.7 Å². The van der Waals surface area contributed by atoms with Gasteiger partial charge in [0.1, 0.15) is 19.3 Å². The SMILES string of the molecule is CCCCCCCCCCCCCCCCCCCC(=O)O[C@H](COC(=O)CCCCCCCCCCCCCCC(C)C)COP(=O)(O)OC[C@@H](O)COP(=O)(O)OC[C@@H](COC(=O)CCCCCCCCCCCC(C)C)OC(=O)CCCCCCCCCCCCC(C)CC. The third kappa shape index (κ3) is 71.1. The van der Waals surface area contributed by atoms with Gasteiger partial charge in [-0.3, -0.25) is 37.3 Å². The number of hydrogen-bond donors (Lipinski definition) is 3. The van der Waals surface area contributed by atoms with Crippen LogP contribution in [0, 0.1) is 17.8 Å². The van der Waals surface area contributed by atoms with Crippen LogP contribution in [0.5, 0.6) is 0 Å². The summed E-state index contributed by atoms with van der Waals surface area (Å²) in [5, 5.41) is 10.6. The van der Waals surface area contributed by atoms with Crippen molar-refractivity contribution in [2.24, 2.45) is 17.8 Å². The molecule has 0 radical (unpaired) electrons. The Morgan fingerprint density at radius 1 is 0.296 bits per heavy atom. The summed E-state index contributed by atoms with van der Waals surface area (Å²) in [4.78, 5) is 73.0. The highest BCUT2D eigenvalue weighted by molar-refractivity contribution is 7.47. The normalized spacial score (nSPS) is 14.3. The first kappa shape index (κ1) is 96.1. The average Bonchev–Trinajstić information content (AvgIpc) is 0.930. The van der Waals surface area contributed by atoms with Crippen molar-refractivity contribution >= 4 is 39.5 Å². The molecule has 0 saturated heterocycles. The molecule has 0 amide bonds. The van der Waals surface area contributed by atoms with E-state index in [1.54, 1.807) is 0 Å². The molecule has 0 aliphatic rings. The van der Waals surface area contributed by atoms with Crippen LogP contribution in [0.25, 0.3) is 0 Å². The minimum Gasteiger partial charge on any atom is -0.462 e. The topological polar surface area (TPSA) is 237 Å². The van der Waals surface area contributed by atoms with E-state index in [1.165, 1.54) is 218 Å². The Bertz CT molecular complexity index is 1910. The van der Waals surface area contributed by atoms with Crippen LogP contribution >= 0.6 is 15.6 Å². The summed E-state index contributed by atoms with van der Waals surface area (Å²) in [7, 11) is -9.92. The molecule has 582 valence electrons. The molecule has 3 unspecified atom stereocenters. The number of carbonyl (C=O) groups excluding carboxylic acids is 4. The van der Waals surface area contributed by atoms with E-state index >= 15 is 0 Å². The third-order valence-electron chi connectivity index (χ3n) is 18.7. The van der Waals surface area contributed by atoms with Gasteiger partial charge in [0.05, 0.1) is 26.4 Å². The van der Waals surface area contributed by atoms with Crippen LogP contribution in [0.15, 0.2) is 0 Å². The lowest BCUT2D eigenvalue weighted by Gasteiger charge is -2.21.